The topological polar surface area (TPSA) is 207 Å². The first-order valence-electron chi connectivity index (χ1n) is 11.8. The van der Waals surface area contributed by atoms with E-state index in [1.54, 1.807) is 29.6 Å². The molecule has 0 unspecified atom stereocenters. The highest BCUT2D eigenvalue weighted by molar-refractivity contribution is 8.93. The molecule has 0 atom stereocenters. The molecule has 0 amide bonds. The molecule has 7 N–H and O–H groups in total. The van der Waals surface area contributed by atoms with Crippen LogP contribution in [0.1, 0.15) is 38.7 Å². The summed E-state index contributed by atoms with van der Waals surface area (Å²) in [6, 6.07) is 4.72. The number of hydrogen-bond donors (Lipinski definition) is 1. The number of aryl methyl sites for hydroxylation is 2. The lowest BCUT2D eigenvalue weighted by Crippen LogP contribution is -2.48. The van der Waals surface area contributed by atoms with Crippen molar-refractivity contribution in [2.24, 2.45) is 0 Å². The minimum atomic E-state index is -3.71. The van der Waals surface area contributed by atoms with Gasteiger partial charge in [-0.2, -0.15) is 4.31 Å². The molecule has 1 aromatic carbocycles. The number of nitrogens with zero attached hydrogens (tertiary/aromatic N) is 5. The Morgan fingerprint density at radius 3 is 2.29 bits per heavy atom. The van der Waals surface area contributed by atoms with E-state index in [9.17, 15) is 13.2 Å². The Bertz CT molecular complexity index is 1350. The molecule has 0 bridgehead atoms. The summed E-state index contributed by atoms with van der Waals surface area (Å²) in [6.07, 6.45) is 1.52. The summed E-state index contributed by atoms with van der Waals surface area (Å²) < 4.78 is 35.7. The molecule has 1 fully saturated rings. The summed E-state index contributed by atoms with van der Waals surface area (Å²) in [4.78, 5) is 22.6. The standard InChI is InChI=1S/C23H32N6O4S.BrH.3H2O/c1-5-8-20-24-16(4)21-23(30)25-22(26-29(20)21)18-15-17(9-10-19(18)33-7-3)34(31,32)28-13-11-27(6-2)12-14-28;;;;/h9-10,15H,5-8,11-14H2,1-4H3,(H,25,26,30);1H;3*1H2. The third-order valence-corrected chi connectivity index (χ3v) is 8.03. The number of nitrogens with one attached hydrogen (secondary N) is 1. The molecule has 4 rings (SSSR count). The van der Waals surface area contributed by atoms with E-state index >= 15 is 0 Å². The Labute approximate surface area is 232 Å². The van der Waals surface area contributed by atoms with Gasteiger partial charge < -0.3 is 31.0 Å². The number of imidazole rings is 1. The third-order valence-electron chi connectivity index (χ3n) is 6.14. The SMILES string of the molecule is Br.CCCc1nc(C)c2c(=O)[nH]c(-c3cc(S(=O)(=O)N4CCN(CC)CC4)ccc3OCC)nn12.O.O.O. The van der Waals surface area contributed by atoms with Gasteiger partial charge in [-0.25, -0.2) is 17.9 Å². The van der Waals surface area contributed by atoms with Gasteiger partial charge in [-0.3, -0.25) is 4.79 Å². The molecule has 15 heteroatoms. The number of H-pyrrole nitrogens is 1. The molecule has 3 aromatic rings. The van der Waals surface area contributed by atoms with Crippen LogP contribution >= 0.6 is 17.0 Å². The van der Waals surface area contributed by atoms with Crippen LogP contribution in [-0.2, 0) is 16.4 Å². The largest absolute Gasteiger partial charge is 0.493 e. The Balaban J connectivity index is 0.00000342. The Morgan fingerprint density at radius 2 is 1.71 bits per heavy atom. The van der Waals surface area contributed by atoms with Gasteiger partial charge in [0.15, 0.2) is 11.3 Å². The third kappa shape index (κ3) is 6.77. The second-order valence-corrected chi connectivity index (χ2v) is 10.3. The monoisotopic (exact) mass is 622 g/mol. The van der Waals surface area contributed by atoms with Crippen LogP contribution in [0.5, 0.6) is 5.75 Å². The van der Waals surface area contributed by atoms with Gasteiger partial charge in [0.05, 0.1) is 22.8 Å². The number of fused-ring (bicyclic) bond motifs is 1. The second kappa shape index (κ2) is 14.7. The quantitative estimate of drug-likeness (QED) is 0.368. The number of sulfonamides is 1. The first-order chi connectivity index (χ1) is 16.3. The van der Waals surface area contributed by atoms with Crippen LogP contribution in [0.25, 0.3) is 16.9 Å². The normalized spacial score (nSPS) is 14.1. The zero-order chi connectivity index (χ0) is 24.5. The van der Waals surface area contributed by atoms with Crippen molar-refractivity contribution in [1.29, 1.82) is 0 Å². The number of ether oxygens (including phenoxy) is 1. The molecule has 2 aromatic heterocycles. The maximum atomic E-state index is 13.4. The summed E-state index contributed by atoms with van der Waals surface area (Å²) in [7, 11) is -3.71. The Kier molecular flexibility index (Phi) is 13.7. The molecular formula is C23H39BrN6O7S. The van der Waals surface area contributed by atoms with Crippen LogP contribution in [0.2, 0.25) is 0 Å². The smallest absolute Gasteiger partial charge is 0.277 e. The molecule has 1 aliphatic rings. The average molecular weight is 624 g/mol. The lowest BCUT2D eigenvalue weighted by Gasteiger charge is -2.33. The van der Waals surface area contributed by atoms with Crippen molar-refractivity contribution in [3.8, 4) is 17.1 Å². The second-order valence-electron chi connectivity index (χ2n) is 8.36. The maximum absolute atomic E-state index is 13.4. The highest BCUT2D eigenvalue weighted by Gasteiger charge is 2.29. The van der Waals surface area contributed by atoms with Crippen LogP contribution in [0, 0.1) is 6.92 Å². The van der Waals surface area contributed by atoms with E-state index in [1.165, 1.54) is 4.31 Å². The Hall–Kier alpha value is -2.40. The van der Waals surface area contributed by atoms with Crippen LogP contribution in [0.4, 0.5) is 0 Å². The fraction of sp³-hybridized carbons (Fsp3) is 0.522. The van der Waals surface area contributed by atoms with Crippen molar-refractivity contribution in [3.63, 3.8) is 0 Å². The van der Waals surface area contributed by atoms with Crippen molar-refractivity contribution >= 4 is 32.5 Å². The van der Waals surface area contributed by atoms with E-state index < -0.39 is 10.0 Å². The highest BCUT2D eigenvalue weighted by atomic mass is 79.9. The molecule has 13 nitrogen and oxygen atoms in total. The summed E-state index contributed by atoms with van der Waals surface area (Å²) >= 11 is 0. The molecule has 216 valence electrons. The van der Waals surface area contributed by atoms with E-state index in [0.29, 0.717) is 67.6 Å². The van der Waals surface area contributed by atoms with Crippen LogP contribution in [-0.4, -0.2) is 93.0 Å². The summed E-state index contributed by atoms with van der Waals surface area (Å²) in [5.41, 5.74) is 1.09. The zero-order valence-corrected chi connectivity index (χ0v) is 24.6. The van der Waals surface area contributed by atoms with E-state index in [-0.39, 0.29) is 49.7 Å². The van der Waals surface area contributed by atoms with Crippen LogP contribution < -0.4 is 10.3 Å². The summed E-state index contributed by atoms with van der Waals surface area (Å²) in [6.45, 7) is 11.3. The number of benzene rings is 1. The summed E-state index contributed by atoms with van der Waals surface area (Å²) in [5.74, 6) is 1.38. The van der Waals surface area contributed by atoms with Crippen molar-refractivity contribution in [2.45, 2.75) is 45.4 Å². The number of hydrogen-bond acceptors (Lipinski definition) is 7. The number of aromatic amines is 1. The lowest BCUT2D eigenvalue weighted by atomic mass is 10.2. The van der Waals surface area contributed by atoms with Crippen LogP contribution in [0.15, 0.2) is 27.9 Å². The number of piperazine rings is 1. The number of rotatable bonds is 8. The molecule has 0 radical (unpaired) electrons. The van der Waals surface area contributed by atoms with Crippen molar-refractivity contribution < 1.29 is 29.6 Å². The lowest BCUT2D eigenvalue weighted by molar-refractivity contribution is 0.196. The van der Waals surface area contributed by atoms with E-state index in [1.807, 2.05) is 13.8 Å². The first-order valence-corrected chi connectivity index (χ1v) is 13.2. The molecule has 0 spiro atoms. The highest BCUT2D eigenvalue weighted by Crippen LogP contribution is 2.31. The fourth-order valence-electron chi connectivity index (χ4n) is 4.31. The van der Waals surface area contributed by atoms with Gasteiger partial charge in [-0.05, 0) is 45.0 Å². The number of halogens is 1. The number of likely N-dealkylation sites (N-methyl/N-ethyl adjacent to an activating group) is 1. The molecule has 3 heterocycles. The van der Waals surface area contributed by atoms with E-state index in [4.69, 9.17) is 4.74 Å². The minimum absolute atomic E-state index is 0. The molecule has 0 saturated carbocycles. The van der Waals surface area contributed by atoms with Crippen molar-refractivity contribution in [1.82, 2.24) is 28.8 Å². The Morgan fingerprint density at radius 1 is 1.05 bits per heavy atom. The molecule has 0 aliphatic carbocycles. The summed E-state index contributed by atoms with van der Waals surface area (Å²) in [5, 5.41) is 4.65. The molecule has 38 heavy (non-hydrogen) atoms. The predicted molar refractivity (Wildman–Crippen MR) is 151 cm³/mol. The van der Waals surface area contributed by atoms with Gasteiger partial charge in [0.25, 0.3) is 5.56 Å². The van der Waals surface area contributed by atoms with Gasteiger partial charge in [0, 0.05) is 32.6 Å². The van der Waals surface area contributed by atoms with Gasteiger partial charge in [0.2, 0.25) is 10.0 Å². The number of aromatic nitrogens is 4. The van der Waals surface area contributed by atoms with Gasteiger partial charge >= 0.3 is 0 Å². The maximum Gasteiger partial charge on any atom is 0.277 e. The molecule has 1 saturated heterocycles. The minimum Gasteiger partial charge on any atom is -0.493 e. The van der Waals surface area contributed by atoms with E-state index in [0.717, 1.165) is 13.0 Å². The van der Waals surface area contributed by atoms with Gasteiger partial charge in [0.1, 0.15) is 11.6 Å². The van der Waals surface area contributed by atoms with Crippen molar-refractivity contribution in [2.75, 3.05) is 39.3 Å². The molecular weight excluding hydrogens is 584 g/mol. The zero-order valence-electron chi connectivity index (χ0n) is 22.1. The van der Waals surface area contributed by atoms with Crippen LogP contribution in [0.3, 0.4) is 0 Å². The fourth-order valence-corrected chi connectivity index (χ4v) is 5.76. The van der Waals surface area contributed by atoms with Crippen molar-refractivity contribution in [3.05, 3.63) is 40.1 Å². The predicted octanol–water partition coefficient (Wildman–Crippen LogP) is 0.174. The van der Waals surface area contributed by atoms with Gasteiger partial charge in [-0.1, -0.05) is 13.8 Å². The average Bonchev–Trinajstić information content (AvgIpc) is 3.15. The first kappa shape index (κ1) is 35.6. The van der Waals surface area contributed by atoms with Gasteiger partial charge in [-0.15, -0.1) is 22.1 Å². The van der Waals surface area contributed by atoms with E-state index in [2.05, 4.69) is 26.9 Å². The molecule has 1 aliphatic heterocycles.